The number of rotatable bonds is 9. The summed E-state index contributed by atoms with van der Waals surface area (Å²) in [7, 11) is -8.37. The van der Waals surface area contributed by atoms with Crippen LogP contribution in [0.5, 0.6) is 0 Å². The molecule has 36 heavy (non-hydrogen) atoms. The molecule has 0 N–H and O–H groups in total. The lowest BCUT2D eigenvalue weighted by Crippen LogP contribution is -2.42. The van der Waals surface area contributed by atoms with E-state index in [4.69, 9.17) is 8.57 Å². The first-order valence-electron chi connectivity index (χ1n) is 12.4. The van der Waals surface area contributed by atoms with E-state index in [-0.39, 0.29) is 34.8 Å². The van der Waals surface area contributed by atoms with Gasteiger partial charge in [-0.1, -0.05) is 38.0 Å². The Morgan fingerprint density at radius 1 is 0.750 bits per heavy atom. The second kappa shape index (κ2) is 8.34. The van der Waals surface area contributed by atoms with Crippen molar-refractivity contribution < 1.29 is 35.0 Å². The molecule has 4 unspecified atom stereocenters. The summed E-state index contributed by atoms with van der Waals surface area (Å²) < 4.78 is 60.6. The van der Waals surface area contributed by atoms with Crippen LogP contribution in [0.25, 0.3) is 0 Å². The van der Waals surface area contributed by atoms with Gasteiger partial charge in [-0.25, -0.2) is 0 Å². The van der Waals surface area contributed by atoms with Crippen LogP contribution in [0.3, 0.4) is 0 Å². The van der Waals surface area contributed by atoms with Crippen LogP contribution in [-0.4, -0.2) is 51.3 Å². The number of fused-ring (bicyclic) bond motifs is 4. The molecule has 0 spiro atoms. The maximum atomic E-state index is 12.7. The minimum atomic E-state index is -4.19. The van der Waals surface area contributed by atoms with Gasteiger partial charge in [0.2, 0.25) is 0 Å². The molecular weight excluding hydrogens is 508 g/mol. The predicted molar refractivity (Wildman–Crippen MR) is 133 cm³/mol. The Morgan fingerprint density at radius 3 is 1.33 bits per heavy atom. The molecule has 4 saturated carbocycles. The lowest BCUT2D eigenvalue weighted by atomic mass is 9.70. The summed E-state index contributed by atoms with van der Waals surface area (Å²) in [4.78, 5) is 25.3. The van der Waals surface area contributed by atoms with Gasteiger partial charge in [-0.15, -0.1) is 0 Å². The minimum absolute atomic E-state index is 0.00366. The fraction of sp³-hybridized carbons (Fsp3) is 0.833. The van der Waals surface area contributed by atoms with Crippen molar-refractivity contribution >= 4 is 43.2 Å². The van der Waals surface area contributed by atoms with Crippen LogP contribution in [0.4, 0.5) is 0 Å². The van der Waals surface area contributed by atoms with Gasteiger partial charge >= 0.3 is 20.2 Å². The Kier molecular flexibility index (Phi) is 6.31. The molecule has 0 amide bonds. The van der Waals surface area contributed by atoms with Gasteiger partial charge in [0, 0.05) is 12.8 Å². The topological polar surface area (TPSA) is 146 Å². The van der Waals surface area contributed by atoms with Crippen molar-refractivity contribution in [2.75, 3.05) is 11.5 Å². The van der Waals surface area contributed by atoms with Crippen LogP contribution in [0.2, 0.25) is 0 Å². The fourth-order valence-corrected chi connectivity index (χ4v) is 10.3. The highest BCUT2D eigenvalue weighted by atomic mass is 32.2. The maximum Gasteiger partial charge on any atom is 0.329 e. The first-order chi connectivity index (χ1) is 16.4. The van der Waals surface area contributed by atoms with Crippen LogP contribution in [0, 0.1) is 33.5 Å². The van der Waals surface area contributed by atoms with Crippen molar-refractivity contribution in [3.8, 4) is 0 Å². The second-order valence-corrected chi connectivity index (χ2v) is 15.3. The zero-order chi connectivity index (χ0) is 26.9. The molecule has 10 nitrogen and oxygen atoms in total. The molecule has 0 aromatic carbocycles. The highest BCUT2D eigenvalue weighted by Crippen LogP contribution is 2.65. The lowest BCUT2D eigenvalue weighted by Gasteiger charge is -2.35. The van der Waals surface area contributed by atoms with Gasteiger partial charge in [0.25, 0.3) is 0 Å². The molecule has 0 saturated heterocycles. The molecule has 4 rings (SSSR count). The highest BCUT2D eigenvalue weighted by molar-refractivity contribution is 7.87. The summed E-state index contributed by atoms with van der Waals surface area (Å²) in [6, 6.07) is 0. The summed E-state index contributed by atoms with van der Waals surface area (Å²) in [5, 5.41) is 7.25. The number of hydrogen-bond donors (Lipinski definition) is 0. The monoisotopic (exact) mass is 544 g/mol. The smallest absolute Gasteiger partial charge is 0.299 e. The van der Waals surface area contributed by atoms with E-state index in [2.05, 4.69) is 10.3 Å². The third-order valence-corrected chi connectivity index (χ3v) is 12.5. The first-order valence-corrected chi connectivity index (χ1v) is 15.5. The Morgan fingerprint density at radius 2 is 1.08 bits per heavy atom. The molecule has 0 heterocycles. The number of carbonyl (C=O) groups excluding carboxylic acids is 2. The molecule has 4 aliphatic carbocycles. The van der Waals surface area contributed by atoms with E-state index < -0.39 is 53.4 Å². The Hall–Kier alpha value is -1.82. The summed E-state index contributed by atoms with van der Waals surface area (Å²) in [5.41, 5.74) is -2.83. The van der Waals surface area contributed by atoms with Crippen molar-refractivity contribution in [2.24, 2.45) is 43.8 Å². The molecule has 0 aliphatic heterocycles. The average molecular weight is 545 g/mol. The van der Waals surface area contributed by atoms with Crippen molar-refractivity contribution in [1.29, 1.82) is 0 Å². The van der Waals surface area contributed by atoms with Gasteiger partial charge in [-0.2, -0.15) is 16.8 Å². The van der Waals surface area contributed by atoms with Gasteiger partial charge in [0.05, 0.1) is 10.8 Å². The number of hydrogen-bond acceptors (Lipinski definition) is 10. The molecule has 0 aromatic heterocycles. The average Bonchev–Trinajstić information content (AvgIpc) is 3.28. The van der Waals surface area contributed by atoms with Crippen LogP contribution >= 0.6 is 0 Å². The highest BCUT2D eigenvalue weighted by Gasteiger charge is 2.66. The van der Waals surface area contributed by atoms with Crippen molar-refractivity contribution in [3.05, 3.63) is 0 Å². The van der Waals surface area contributed by atoms with Crippen LogP contribution in [-0.2, 0) is 38.4 Å². The van der Waals surface area contributed by atoms with Crippen molar-refractivity contribution in [3.63, 3.8) is 0 Å². The molecule has 12 heteroatoms. The first kappa shape index (κ1) is 27.2. The molecule has 4 bridgehead atoms. The molecule has 4 aliphatic rings. The zero-order valence-electron chi connectivity index (χ0n) is 21.8. The van der Waals surface area contributed by atoms with Gasteiger partial charge in [-0.3, -0.25) is 18.2 Å². The number of Topliss-reactive ketones (excluding diaryl/α,β-unsaturated/α-hetero) is 2. The predicted octanol–water partition coefficient (Wildman–Crippen LogP) is 3.22. The Balaban J connectivity index is 1.41. The van der Waals surface area contributed by atoms with E-state index in [1.165, 1.54) is 13.8 Å². The van der Waals surface area contributed by atoms with Crippen molar-refractivity contribution in [1.82, 2.24) is 0 Å². The third kappa shape index (κ3) is 4.02. The normalized spacial score (nSPS) is 35.5. The maximum absolute atomic E-state index is 12.7. The minimum Gasteiger partial charge on any atom is -0.299 e. The summed E-state index contributed by atoms with van der Waals surface area (Å²) in [5.74, 6) is -0.674. The van der Waals surface area contributed by atoms with E-state index in [0.717, 1.165) is 12.8 Å². The molecule has 4 fully saturated rings. The van der Waals surface area contributed by atoms with E-state index in [0.29, 0.717) is 25.7 Å². The van der Waals surface area contributed by atoms with Gasteiger partial charge in [0.1, 0.15) is 34.5 Å². The van der Waals surface area contributed by atoms with Gasteiger partial charge in [-0.05, 0) is 62.2 Å². The number of carbonyl (C=O) groups is 2. The summed E-state index contributed by atoms with van der Waals surface area (Å²) in [6.07, 6.45) is 3.38. The van der Waals surface area contributed by atoms with Crippen LogP contribution in [0.1, 0.15) is 80.1 Å². The number of oxime groups is 2. The van der Waals surface area contributed by atoms with Gasteiger partial charge in [0.15, 0.2) is 0 Å². The molecule has 4 atom stereocenters. The number of nitrogens with zero attached hydrogens (tertiary/aromatic N) is 2. The molecule has 0 radical (unpaired) electrons. The standard InChI is InChI=1S/C24H36N2O8S2/c1-15(25-33-35(29,30)13-23-9-7-17(11-19(23)27)21(23,3)4)16(2)26-34-36(31,32)14-24-10-8-18(12-20(24)28)22(24,5)6/h17-18H,7-14H2,1-6H3. The molecular formula is C24H36N2O8S2. The molecule has 202 valence electrons. The lowest BCUT2D eigenvalue weighted by molar-refractivity contribution is -0.128. The van der Waals surface area contributed by atoms with E-state index in [9.17, 15) is 26.4 Å². The van der Waals surface area contributed by atoms with Gasteiger partial charge < -0.3 is 0 Å². The summed E-state index contributed by atoms with van der Waals surface area (Å²) >= 11 is 0. The quantitative estimate of drug-likeness (QED) is 0.318. The second-order valence-electron chi connectivity index (χ2n) is 12.2. The SMILES string of the molecule is CC(=NOS(=O)(=O)CC12CCC(CC1=O)C2(C)C)C(C)=NOS(=O)(=O)CC12CCC(CC1=O)C2(C)C. The van der Waals surface area contributed by atoms with E-state index in [1.54, 1.807) is 0 Å². The van der Waals surface area contributed by atoms with E-state index >= 15 is 0 Å². The Bertz CT molecular complexity index is 1170. The third-order valence-electron chi connectivity index (χ3n) is 10.2. The van der Waals surface area contributed by atoms with Crippen molar-refractivity contribution in [2.45, 2.75) is 80.1 Å². The largest absolute Gasteiger partial charge is 0.329 e. The molecule has 0 aromatic rings. The Labute approximate surface area is 213 Å². The van der Waals surface area contributed by atoms with Crippen LogP contribution in [0.15, 0.2) is 10.3 Å². The van der Waals surface area contributed by atoms with E-state index in [1.807, 2.05) is 27.7 Å². The number of ketones is 2. The fourth-order valence-electron chi connectivity index (χ4n) is 7.23. The summed E-state index contributed by atoms with van der Waals surface area (Å²) in [6.45, 7) is 10.5. The van der Waals surface area contributed by atoms with Crippen LogP contribution < -0.4 is 0 Å². The zero-order valence-corrected chi connectivity index (χ0v) is 23.4.